The number of rotatable bonds is 10. The molecule has 1 aromatic carbocycles. The molecule has 5 rings (SSSR count). The van der Waals surface area contributed by atoms with Gasteiger partial charge in [0.25, 0.3) is 0 Å². The van der Waals surface area contributed by atoms with Crippen molar-refractivity contribution in [2.24, 2.45) is 0 Å². The molecule has 0 aliphatic carbocycles. The monoisotopic (exact) mass is 572 g/mol. The average molecular weight is 573 g/mol. The number of sulfonamides is 1. The normalized spacial score (nSPS) is 18.2. The number of morpholine rings is 1. The Labute approximate surface area is 234 Å². The molecule has 0 saturated carbocycles. The van der Waals surface area contributed by atoms with E-state index in [4.69, 9.17) is 14.2 Å². The van der Waals surface area contributed by atoms with Gasteiger partial charge in [0.15, 0.2) is 11.5 Å². The second-order valence-corrected chi connectivity index (χ2v) is 12.1. The van der Waals surface area contributed by atoms with Crippen molar-refractivity contribution in [1.29, 1.82) is 0 Å². The smallest absolute Gasteiger partial charge is 0.410 e. The van der Waals surface area contributed by atoms with Crippen LogP contribution in [0.4, 0.5) is 4.79 Å². The fourth-order valence-corrected chi connectivity index (χ4v) is 6.56. The first-order valence-electron chi connectivity index (χ1n) is 13.5. The Balaban J connectivity index is 1.38. The minimum atomic E-state index is -3.69. The molecule has 4 heterocycles. The quantitative estimate of drug-likeness (QED) is 0.388. The summed E-state index contributed by atoms with van der Waals surface area (Å²) in [6, 6.07) is 14.3. The van der Waals surface area contributed by atoms with Gasteiger partial charge < -0.3 is 24.0 Å². The van der Waals surface area contributed by atoms with Gasteiger partial charge in [-0.1, -0.05) is 36.4 Å². The second-order valence-electron chi connectivity index (χ2n) is 10.1. The molecule has 2 aliphatic rings. The van der Waals surface area contributed by atoms with Crippen LogP contribution >= 0.6 is 0 Å². The number of benzene rings is 1. The van der Waals surface area contributed by atoms with E-state index in [1.165, 1.54) is 0 Å². The topological polar surface area (TPSA) is 128 Å². The van der Waals surface area contributed by atoms with Crippen LogP contribution in [0.5, 0.6) is 0 Å². The van der Waals surface area contributed by atoms with Crippen LogP contribution in [0, 0.1) is 0 Å². The van der Waals surface area contributed by atoms with Crippen molar-refractivity contribution in [3.8, 4) is 0 Å². The van der Waals surface area contributed by atoms with Crippen LogP contribution in [0.25, 0.3) is 5.65 Å². The van der Waals surface area contributed by atoms with E-state index in [0.717, 1.165) is 5.56 Å². The number of carbonyl (C=O) groups is 1. The zero-order chi connectivity index (χ0) is 28.0. The number of hydrogen-bond acceptors (Lipinski definition) is 9. The molecule has 1 atom stereocenters. The van der Waals surface area contributed by atoms with Crippen LogP contribution in [-0.4, -0.2) is 97.2 Å². The molecule has 2 aromatic heterocycles. The van der Waals surface area contributed by atoms with E-state index in [2.05, 4.69) is 19.8 Å². The molecule has 2 saturated heterocycles. The molecule has 216 valence electrons. The lowest BCUT2D eigenvalue weighted by atomic mass is 10.1. The average Bonchev–Trinajstić information content (AvgIpc) is 3.41. The lowest BCUT2D eigenvalue weighted by Crippen LogP contribution is -2.44. The lowest BCUT2D eigenvalue weighted by molar-refractivity contribution is 0.0245. The van der Waals surface area contributed by atoms with E-state index < -0.39 is 27.4 Å². The van der Waals surface area contributed by atoms with Crippen molar-refractivity contribution in [2.45, 2.75) is 37.3 Å². The first kappa shape index (κ1) is 28.4. The van der Waals surface area contributed by atoms with Crippen LogP contribution in [-0.2, 0) is 37.4 Å². The molecular weight excluding hydrogens is 536 g/mol. The number of aromatic nitrogens is 3. The molecule has 2 aliphatic heterocycles. The van der Waals surface area contributed by atoms with Crippen molar-refractivity contribution >= 4 is 21.8 Å². The highest BCUT2D eigenvalue weighted by molar-refractivity contribution is 7.90. The maximum Gasteiger partial charge on any atom is 0.410 e. The van der Waals surface area contributed by atoms with Gasteiger partial charge in [-0.25, -0.2) is 17.9 Å². The highest BCUT2D eigenvalue weighted by Gasteiger charge is 2.33. The number of nitrogens with one attached hydrogen (secondary N) is 1. The van der Waals surface area contributed by atoms with Gasteiger partial charge in [-0.05, 0) is 50.7 Å². The first-order chi connectivity index (χ1) is 19.4. The number of amides is 1. The van der Waals surface area contributed by atoms with E-state index in [-0.39, 0.29) is 13.2 Å². The fourth-order valence-electron chi connectivity index (χ4n) is 4.96. The maximum atomic E-state index is 13.5. The van der Waals surface area contributed by atoms with Crippen molar-refractivity contribution in [3.63, 3.8) is 0 Å². The summed E-state index contributed by atoms with van der Waals surface area (Å²) in [5.74, 6) is 0.373. The van der Waals surface area contributed by atoms with Gasteiger partial charge in [0.05, 0.1) is 37.4 Å². The number of nitrogens with zero attached hydrogens (tertiary/aromatic N) is 5. The SMILES string of the molecule is CN1CCC(S(=O)(=O)NC(COCc2ccccc2)c2nnc3cccc(COC(=O)N4CCOCC4)n23)CC1. The molecule has 13 heteroatoms. The van der Waals surface area contributed by atoms with E-state index in [1.54, 1.807) is 27.5 Å². The summed E-state index contributed by atoms with van der Waals surface area (Å²) >= 11 is 0. The summed E-state index contributed by atoms with van der Waals surface area (Å²) in [4.78, 5) is 16.4. The number of piperidine rings is 1. The van der Waals surface area contributed by atoms with Crippen molar-refractivity contribution in [2.75, 3.05) is 53.0 Å². The van der Waals surface area contributed by atoms with Crippen LogP contribution < -0.4 is 4.72 Å². The minimum Gasteiger partial charge on any atom is -0.443 e. The Kier molecular flexibility index (Phi) is 9.27. The van der Waals surface area contributed by atoms with E-state index in [9.17, 15) is 13.2 Å². The van der Waals surface area contributed by atoms with Gasteiger partial charge in [-0.2, -0.15) is 0 Å². The standard InChI is InChI=1S/C27H36N6O6S/c1-31-12-10-23(11-13-31)40(35,36)30-24(20-38-18-21-6-3-2-4-7-21)26-29-28-25-9-5-8-22(33(25)26)19-39-27(34)32-14-16-37-17-15-32/h2-9,23-24,30H,10-20H2,1H3. The molecule has 1 N–H and O–H groups in total. The number of hydrogen-bond donors (Lipinski definition) is 1. The molecule has 0 spiro atoms. The number of likely N-dealkylation sites (tertiary alicyclic amines) is 1. The minimum absolute atomic E-state index is 0.0299. The number of pyridine rings is 1. The summed E-state index contributed by atoms with van der Waals surface area (Å²) < 4.78 is 48.6. The van der Waals surface area contributed by atoms with Gasteiger partial charge in [0, 0.05) is 13.1 Å². The summed E-state index contributed by atoms with van der Waals surface area (Å²) in [7, 11) is -1.70. The Morgan fingerprint density at radius 3 is 2.52 bits per heavy atom. The molecular formula is C27H36N6O6S. The Morgan fingerprint density at radius 1 is 1.02 bits per heavy atom. The lowest BCUT2D eigenvalue weighted by Gasteiger charge is -2.30. The Morgan fingerprint density at radius 2 is 1.77 bits per heavy atom. The molecule has 3 aromatic rings. The van der Waals surface area contributed by atoms with Crippen LogP contribution in [0.3, 0.4) is 0 Å². The van der Waals surface area contributed by atoms with Crippen LogP contribution in [0.2, 0.25) is 0 Å². The molecule has 0 bridgehead atoms. The summed E-state index contributed by atoms with van der Waals surface area (Å²) in [6.07, 6.45) is 0.667. The van der Waals surface area contributed by atoms with Gasteiger partial charge in [0.1, 0.15) is 12.6 Å². The Bertz CT molecular complexity index is 1370. The molecule has 1 unspecified atom stereocenters. The molecule has 1 amide bonds. The number of fused-ring (bicyclic) bond motifs is 1. The fraction of sp³-hybridized carbons (Fsp3) is 0.519. The van der Waals surface area contributed by atoms with Gasteiger partial charge in [-0.3, -0.25) is 4.40 Å². The summed E-state index contributed by atoms with van der Waals surface area (Å²) in [6.45, 7) is 3.65. The molecule has 2 fully saturated rings. The third-order valence-electron chi connectivity index (χ3n) is 7.27. The third-order valence-corrected chi connectivity index (χ3v) is 9.23. The van der Waals surface area contributed by atoms with Crippen molar-refractivity contribution < 1.29 is 27.4 Å². The predicted molar refractivity (Wildman–Crippen MR) is 147 cm³/mol. The van der Waals surface area contributed by atoms with Crippen molar-refractivity contribution in [3.05, 3.63) is 65.6 Å². The summed E-state index contributed by atoms with van der Waals surface area (Å²) in [5, 5.41) is 8.15. The highest BCUT2D eigenvalue weighted by atomic mass is 32.2. The largest absolute Gasteiger partial charge is 0.443 e. The van der Waals surface area contributed by atoms with Gasteiger partial charge in [-0.15, -0.1) is 10.2 Å². The van der Waals surface area contributed by atoms with Gasteiger partial charge >= 0.3 is 6.09 Å². The summed E-state index contributed by atoms with van der Waals surface area (Å²) in [5.41, 5.74) is 2.10. The second kappa shape index (κ2) is 13.0. The van der Waals surface area contributed by atoms with Crippen LogP contribution in [0.15, 0.2) is 48.5 Å². The van der Waals surface area contributed by atoms with Crippen LogP contribution in [0.1, 0.15) is 36.0 Å². The number of ether oxygens (including phenoxy) is 3. The van der Waals surface area contributed by atoms with E-state index in [0.29, 0.717) is 76.0 Å². The zero-order valence-electron chi connectivity index (χ0n) is 22.6. The van der Waals surface area contributed by atoms with Crippen molar-refractivity contribution in [1.82, 2.24) is 29.1 Å². The first-order valence-corrected chi connectivity index (χ1v) is 15.1. The molecule has 0 radical (unpaired) electrons. The predicted octanol–water partition coefficient (Wildman–Crippen LogP) is 1.97. The Hall–Kier alpha value is -3.10. The molecule has 40 heavy (non-hydrogen) atoms. The van der Waals surface area contributed by atoms with E-state index >= 15 is 0 Å². The molecule has 12 nitrogen and oxygen atoms in total. The van der Waals surface area contributed by atoms with E-state index in [1.807, 2.05) is 37.4 Å². The maximum absolute atomic E-state index is 13.5. The highest BCUT2D eigenvalue weighted by Crippen LogP contribution is 2.22. The van der Waals surface area contributed by atoms with Gasteiger partial charge in [0.2, 0.25) is 10.0 Å². The zero-order valence-corrected chi connectivity index (χ0v) is 23.5. The third kappa shape index (κ3) is 6.96. The number of carbonyl (C=O) groups excluding carboxylic acids is 1.